The molecule has 35 heavy (non-hydrogen) atoms. The van der Waals surface area contributed by atoms with Crippen LogP contribution in [-0.2, 0) is 5.41 Å². The summed E-state index contributed by atoms with van der Waals surface area (Å²) < 4.78 is 44.5. The summed E-state index contributed by atoms with van der Waals surface area (Å²) in [4.78, 5) is 19.2. The first-order chi connectivity index (χ1) is 16.7. The fourth-order valence-corrected chi connectivity index (χ4v) is 4.31. The topological polar surface area (TPSA) is 83.8 Å². The number of halogens is 3. The van der Waals surface area contributed by atoms with E-state index in [1.807, 2.05) is 13.8 Å². The van der Waals surface area contributed by atoms with Gasteiger partial charge in [-0.1, -0.05) is 13.8 Å². The third-order valence-corrected chi connectivity index (χ3v) is 5.85. The standard InChI is InChI=1S/C24H23F3N8/c1-13-10-34(12-30-13)21-17(27)8-15(9-29-21)31-23-32-20(28-4)19-22(33-23)35(11-24(19,2)3)18-6-5-14(25)7-16(18)26/h5-10,12H,11H2,1-4H3,(H2,28,31,32,33). The number of rotatable bonds is 5. The van der Waals surface area contributed by atoms with Crippen LogP contribution < -0.4 is 15.5 Å². The molecule has 3 aromatic heterocycles. The SMILES string of the molecule is CNc1nc(Nc2cnc(-n3cnc(C)c3)c(F)c2)nc2c1C(C)(C)CN2c1ccc(F)cc1F. The molecule has 0 unspecified atom stereocenters. The predicted octanol–water partition coefficient (Wildman–Crippen LogP) is 5.00. The molecule has 11 heteroatoms. The average Bonchev–Trinajstić information content (AvgIpc) is 3.34. The molecule has 0 radical (unpaired) electrons. The second-order valence-electron chi connectivity index (χ2n) is 8.99. The largest absolute Gasteiger partial charge is 0.373 e. The van der Waals surface area contributed by atoms with Gasteiger partial charge >= 0.3 is 0 Å². The van der Waals surface area contributed by atoms with E-state index in [9.17, 15) is 13.2 Å². The van der Waals surface area contributed by atoms with E-state index < -0.39 is 22.9 Å². The van der Waals surface area contributed by atoms with Gasteiger partial charge in [0.1, 0.15) is 29.6 Å². The summed E-state index contributed by atoms with van der Waals surface area (Å²) >= 11 is 0. The van der Waals surface area contributed by atoms with Gasteiger partial charge in [0, 0.05) is 42.9 Å². The van der Waals surface area contributed by atoms with Crippen molar-refractivity contribution in [2.24, 2.45) is 0 Å². The summed E-state index contributed by atoms with van der Waals surface area (Å²) in [6, 6.07) is 4.73. The van der Waals surface area contributed by atoms with Crippen LogP contribution in [0.5, 0.6) is 0 Å². The molecule has 0 fully saturated rings. The van der Waals surface area contributed by atoms with Crippen molar-refractivity contribution in [3.8, 4) is 5.82 Å². The van der Waals surface area contributed by atoms with Gasteiger partial charge in [0.25, 0.3) is 0 Å². The van der Waals surface area contributed by atoms with Gasteiger partial charge in [-0.25, -0.2) is 23.1 Å². The molecule has 0 bridgehead atoms. The van der Waals surface area contributed by atoms with Gasteiger partial charge in [-0.15, -0.1) is 0 Å². The summed E-state index contributed by atoms with van der Waals surface area (Å²) in [5.41, 5.74) is 1.65. The molecule has 180 valence electrons. The Morgan fingerprint density at radius 1 is 1.00 bits per heavy atom. The molecule has 0 aliphatic carbocycles. The predicted molar refractivity (Wildman–Crippen MR) is 127 cm³/mol. The lowest BCUT2D eigenvalue weighted by molar-refractivity contribution is 0.557. The number of hydrogen-bond acceptors (Lipinski definition) is 7. The van der Waals surface area contributed by atoms with Gasteiger partial charge < -0.3 is 15.5 Å². The highest BCUT2D eigenvalue weighted by Crippen LogP contribution is 2.47. The first-order valence-corrected chi connectivity index (χ1v) is 10.9. The second kappa shape index (κ2) is 8.26. The zero-order valence-corrected chi connectivity index (χ0v) is 19.6. The van der Waals surface area contributed by atoms with E-state index in [2.05, 4.69) is 30.6 Å². The van der Waals surface area contributed by atoms with E-state index in [1.54, 1.807) is 25.1 Å². The lowest BCUT2D eigenvalue weighted by atomic mass is 9.88. The molecule has 2 N–H and O–H groups in total. The van der Waals surface area contributed by atoms with Crippen molar-refractivity contribution >= 4 is 29.0 Å². The first kappa shape index (κ1) is 22.6. The minimum atomic E-state index is -0.690. The van der Waals surface area contributed by atoms with Crippen LogP contribution in [0.1, 0.15) is 25.1 Å². The number of hydrogen-bond donors (Lipinski definition) is 2. The van der Waals surface area contributed by atoms with Gasteiger partial charge in [0.05, 0.1) is 23.3 Å². The highest BCUT2D eigenvalue weighted by Gasteiger charge is 2.41. The van der Waals surface area contributed by atoms with E-state index >= 15 is 0 Å². The molecule has 0 saturated heterocycles. The van der Waals surface area contributed by atoms with Gasteiger partial charge in [0.15, 0.2) is 11.6 Å². The smallest absolute Gasteiger partial charge is 0.231 e. The number of aryl methyl sites for hydroxylation is 1. The minimum absolute atomic E-state index is 0.113. The van der Waals surface area contributed by atoms with Crippen LogP contribution in [0.15, 0.2) is 43.0 Å². The quantitative estimate of drug-likeness (QED) is 0.416. The Balaban J connectivity index is 1.54. The maximum absolute atomic E-state index is 14.8. The molecular formula is C24H23F3N8. The Bertz CT molecular complexity index is 1430. The van der Waals surface area contributed by atoms with E-state index in [0.29, 0.717) is 23.9 Å². The molecule has 4 heterocycles. The molecule has 1 aliphatic heterocycles. The molecule has 8 nitrogen and oxygen atoms in total. The van der Waals surface area contributed by atoms with Crippen molar-refractivity contribution in [3.63, 3.8) is 0 Å². The average molecular weight is 480 g/mol. The number of fused-ring (bicyclic) bond motifs is 1. The van der Waals surface area contributed by atoms with E-state index in [-0.39, 0.29) is 17.5 Å². The van der Waals surface area contributed by atoms with Gasteiger partial charge in [-0.05, 0) is 19.1 Å². The lowest BCUT2D eigenvalue weighted by Gasteiger charge is -2.22. The highest BCUT2D eigenvalue weighted by molar-refractivity contribution is 5.76. The number of aromatic nitrogens is 5. The monoisotopic (exact) mass is 480 g/mol. The number of imidazole rings is 1. The molecule has 0 amide bonds. The summed E-state index contributed by atoms with van der Waals surface area (Å²) in [6.07, 6.45) is 4.62. The first-order valence-electron chi connectivity index (χ1n) is 10.9. The van der Waals surface area contributed by atoms with Crippen molar-refractivity contribution in [1.29, 1.82) is 0 Å². The number of benzene rings is 1. The molecular weight excluding hydrogens is 457 g/mol. The molecule has 5 rings (SSSR count). The van der Waals surface area contributed by atoms with Crippen LogP contribution in [0.3, 0.4) is 0 Å². The van der Waals surface area contributed by atoms with Crippen LogP contribution >= 0.6 is 0 Å². The third kappa shape index (κ3) is 4.02. The maximum atomic E-state index is 14.8. The van der Waals surface area contributed by atoms with Crippen LogP contribution in [0.2, 0.25) is 0 Å². The number of pyridine rings is 1. The molecule has 4 aromatic rings. The highest BCUT2D eigenvalue weighted by atomic mass is 19.1. The maximum Gasteiger partial charge on any atom is 0.231 e. The summed E-state index contributed by atoms with van der Waals surface area (Å²) in [5.74, 6) is -0.599. The minimum Gasteiger partial charge on any atom is -0.373 e. The number of nitrogens with zero attached hydrogens (tertiary/aromatic N) is 6. The van der Waals surface area contributed by atoms with Gasteiger partial charge in [-0.2, -0.15) is 9.97 Å². The van der Waals surface area contributed by atoms with Crippen LogP contribution in [0.4, 0.5) is 42.1 Å². The molecule has 0 atom stereocenters. The summed E-state index contributed by atoms with van der Waals surface area (Å²) in [6.45, 7) is 6.21. The zero-order chi connectivity index (χ0) is 24.9. The fourth-order valence-electron chi connectivity index (χ4n) is 4.31. The van der Waals surface area contributed by atoms with Crippen molar-refractivity contribution in [2.75, 3.05) is 29.1 Å². The fraction of sp³-hybridized carbons (Fsp3) is 0.250. The van der Waals surface area contributed by atoms with Crippen LogP contribution in [0, 0.1) is 24.4 Å². The normalized spacial score (nSPS) is 14.2. The number of nitrogens with one attached hydrogen (secondary N) is 2. The Morgan fingerprint density at radius 2 is 1.80 bits per heavy atom. The Hall–Kier alpha value is -4.15. The third-order valence-electron chi connectivity index (χ3n) is 5.85. The second-order valence-corrected chi connectivity index (χ2v) is 8.99. The van der Waals surface area contributed by atoms with Crippen molar-refractivity contribution in [3.05, 3.63) is 71.7 Å². The Kier molecular flexibility index (Phi) is 5.34. The van der Waals surface area contributed by atoms with E-state index in [4.69, 9.17) is 0 Å². The molecule has 1 aliphatic rings. The van der Waals surface area contributed by atoms with E-state index in [0.717, 1.165) is 17.3 Å². The van der Waals surface area contributed by atoms with Gasteiger partial charge in [0.2, 0.25) is 5.95 Å². The van der Waals surface area contributed by atoms with Crippen molar-refractivity contribution in [2.45, 2.75) is 26.2 Å². The lowest BCUT2D eigenvalue weighted by Crippen LogP contribution is -2.26. The Labute approximate surface area is 199 Å². The van der Waals surface area contributed by atoms with Crippen molar-refractivity contribution in [1.82, 2.24) is 24.5 Å². The zero-order valence-electron chi connectivity index (χ0n) is 19.6. The molecule has 0 saturated carbocycles. The van der Waals surface area contributed by atoms with E-state index in [1.165, 1.54) is 35.3 Å². The van der Waals surface area contributed by atoms with Crippen LogP contribution in [-0.4, -0.2) is 38.1 Å². The summed E-state index contributed by atoms with van der Waals surface area (Å²) in [5, 5.41) is 6.06. The van der Waals surface area contributed by atoms with Crippen LogP contribution in [0.25, 0.3) is 5.82 Å². The molecule has 1 aromatic carbocycles. The molecule has 0 spiro atoms. The summed E-state index contributed by atoms with van der Waals surface area (Å²) in [7, 11) is 1.73. The number of anilines is 5. The van der Waals surface area contributed by atoms with Gasteiger partial charge in [-0.3, -0.25) is 4.57 Å². The Morgan fingerprint density at radius 3 is 2.46 bits per heavy atom. The van der Waals surface area contributed by atoms with Crippen molar-refractivity contribution < 1.29 is 13.2 Å².